The Morgan fingerprint density at radius 2 is 1.79 bits per heavy atom. The second kappa shape index (κ2) is 10.1. The number of fused-ring (bicyclic) bond motifs is 1. The highest BCUT2D eigenvalue weighted by Gasteiger charge is 2.33. The molecule has 10 heteroatoms. The summed E-state index contributed by atoms with van der Waals surface area (Å²) in [7, 11) is 1.70. The average Bonchev–Trinajstić information content (AvgIpc) is 3.07. The molecular formula is C24H24Cl2F3N3OS. The zero-order valence-corrected chi connectivity index (χ0v) is 21.2. The largest absolute Gasteiger partial charge is 0.416 e. The summed E-state index contributed by atoms with van der Waals surface area (Å²) in [6, 6.07) is 10.4. The zero-order valence-electron chi connectivity index (χ0n) is 18.9. The van der Waals surface area contributed by atoms with Crippen molar-refractivity contribution in [3.05, 3.63) is 74.4 Å². The molecule has 0 saturated heterocycles. The van der Waals surface area contributed by atoms with Crippen LogP contribution in [0.15, 0.2) is 41.4 Å². The fourth-order valence-electron chi connectivity index (χ4n) is 4.40. The summed E-state index contributed by atoms with van der Waals surface area (Å²) in [4.78, 5) is 2.36. The van der Waals surface area contributed by atoms with Gasteiger partial charge in [-0.25, -0.2) is 4.68 Å². The van der Waals surface area contributed by atoms with E-state index in [2.05, 4.69) is 28.2 Å². The summed E-state index contributed by atoms with van der Waals surface area (Å²) in [5.74, 6) is 0. The van der Waals surface area contributed by atoms with Gasteiger partial charge in [-0.15, -0.1) is 11.8 Å². The lowest BCUT2D eigenvalue weighted by molar-refractivity contribution is -0.137. The number of aromatic nitrogens is 2. The Morgan fingerprint density at radius 3 is 2.38 bits per heavy atom. The Bertz CT molecular complexity index is 1180. The van der Waals surface area contributed by atoms with Gasteiger partial charge in [-0.3, -0.25) is 4.90 Å². The van der Waals surface area contributed by atoms with E-state index in [1.165, 1.54) is 22.9 Å². The SMILES string of the molecule is COCC1Cc2ccccc2CN1Cc1c(C)nn(-c2c(Cl)cc(C(F)(F)F)cc2Cl)c1SC. The highest BCUT2D eigenvalue weighted by atomic mass is 35.5. The van der Waals surface area contributed by atoms with Crippen molar-refractivity contribution in [2.24, 2.45) is 0 Å². The molecule has 1 unspecified atom stereocenters. The minimum absolute atomic E-state index is 0.103. The molecule has 0 radical (unpaired) electrons. The molecule has 0 aliphatic carbocycles. The number of nitrogens with zero attached hydrogens (tertiary/aromatic N) is 3. The van der Waals surface area contributed by atoms with E-state index in [1.807, 2.05) is 19.2 Å². The number of rotatable bonds is 6. The third kappa shape index (κ3) is 4.97. The summed E-state index contributed by atoms with van der Waals surface area (Å²) >= 11 is 14.1. The molecule has 2 heterocycles. The van der Waals surface area contributed by atoms with Crippen LogP contribution >= 0.6 is 35.0 Å². The number of aryl methyl sites for hydroxylation is 1. The summed E-state index contributed by atoms with van der Waals surface area (Å²) in [5.41, 5.74) is 3.70. The van der Waals surface area contributed by atoms with E-state index in [-0.39, 0.29) is 21.8 Å². The van der Waals surface area contributed by atoms with Crippen molar-refractivity contribution in [3.8, 4) is 5.69 Å². The predicted molar refractivity (Wildman–Crippen MR) is 130 cm³/mol. The van der Waals surface area contributed by atoms with Crippen LogP contribution in [0.5, 0.6) is 0 Å². The van der Waals surface area contributed by atoms with Crippen LogP contribution < -0.4 is 0 Å². The topological polar surface area (TPSA) is 30.3 Å². The summed E-state index contributed by atoms with van der Waals surface area (Å²) in [6.45, 7) is 3.86. The standard InChI is InChI=1S/C24H24Cl2F3N3OS/c1-14-19(12-31-11-16-7-5-4-6-15(16)8-18(31)13-33-2)23(34-3)32(30-14)22-20(25)9-17(10-21(22)26)24(27,28)29/h4-7,9-10,18H,8,11-13H2,1-3H3. The molecule has 1 aromatic heterocycles. The van der Waals surface area contributed by atoms with E-state index in [0.717, 1.165) is 41.4 Å². The summed E-state index contributed by atoms with van der Waals surface area (Å²) < 4.78 is 46.7. The van der Waals surface area contributed by atoms with E-state index < -0.39 is 11.7 Å². The molecule has 0 bridgehead atoms. The Kier molecular flexibility index (Phi) is 7.55. The smallest absolute Gasteiger partial charge is 0.383 e. The molecule has 3 aromatic rings. The number of thioether (sulfide) groups is 1. The Hall–Kier alpha value is -1.71. The van der Waals surface area contributed by atoms with Crippen LogP contribution in [0, 0.1) is 6.92 Å². The van der Waals surface area contributed by atoms with Crippen LogP contribution in [0.1, 0.15) is 27.9 Å². The average molecular weight is 530 g/mol. The van der Waals surface area contributed by atoms with Crippen molar-refractivity contribution in [1.82, 2.24) is 14.7 Å². The van der Waals surface area contributed by atoms with Gasteiger partial charge < -0.3 is 4.74 Å². The van der Waals surface area contributed by atoms with E-state index in [9.17, 15) is 13.2 Å². The lowest BCUT2D eigenvalue weighted by atomic mass is 9.94. The maximum atomic E-state index is 13.2. The molecule has 34 heavy (non-hydrogen) atoms. The number of hydrogen-bond donors (Lipinski definition) is 0. The van der Waals surface area contributed by atoms with Crippen molar-refractivity contribution in [2.75, 3.05) is 20.0 Å². The van der Waals surface area contributed by atoms with Crippen molar-refractivity contribution >= 4 is 35.0 Å². The van der Waals surface area contributed by atoms with Gasteiger partial charge in [-0.1, -0.05) is 47.5 Å². The van der Waals surface area contributed by atoms with Crippen molar-refractivity contribution in [1.29, 1.82) is 0 Å². The number of hydrogen-bond acceptors (Lipinski definition) is 4. The molecule has 182 valence electrons. The zero-order chi connectivity index (χ0) is 24.6. The second-order valence-electron chi connectivity index (χ2n) is 8.26. The van der Waals surface area contributed by atoms with Crippen LogP contribution in [-0.4, -0.2) is 40.7 Å². The maximum absolute atomic E-state index is 13.2. The first kappa shape index (κ1) is 25.4. The molecule has 0 amide bonds. The van der Waals surface area contributed by atoms with E-state index in [1.54, 1.807) is 11.8 Å². The molecule has 0 saturated carbocycles. The van der Waals surface area contributed by atoms with E-state index in [0.29, 0.717) is 13.2 Å². The summed E-state index contributed by atoms with van der Waals surface area (Å²) in [5, 5.41) is 5.22. The van der Waals surface area contributed by atoms with Gasteiger partial charge in [0, 0.05) is 31.8 Å². The van der Waals surface area contributed by atoms with Gasteiger partial charge in [-0.2, -0.15) is 18.3 Å². The lowest BCUT2D eigenvalue weighted by Crippen LogP contribution is -2.42. The van der Waals surface area contributed by atoms with Crippen LogP contribution in [0.3, 0.4) is 0 Å². The number of halogens is 5. The highest BCUT2D eigenvalue weighted by Crippen LogP contribution is 2.40. The molecule has 0 N–H and O–H groups in total. The minimum Gasteiger partial charge on any atom is -0.383 e. The van der Waals surface area contributed by atoms with Crippen LogP contribution in [-0.2, 0) is 30.4 Å². The molecule has 0 fully saturated rings. The fourth-order valence-corrected chi connectivity index (χ4v) is 5.81. The van der Waals surface area contributed by atoms with Gasteiger partial charge in [0.15, 0.2) is 0 Å². The third-order valence-corrected chi connectivity index (χ3v) is 7.45. The number of benzene rings is 2. The Morgan fingerprint density at radius 1 is 1.15 bits per heavy atom. The molecule has 1 aliphatic heterocycles. The molecule has 2 aromatic carbocycles. The van der Waals surface area contributed by atoms with E-state index >= 15 is 0 Å². The van der Waals surface area contributed by atoms with Crippen molar-refractivity contribution in [3.63, 3.8) is 0 Å². The van der Waals surface area contributed by atoms with Crippen molar-refractivity contribution in [2.45, 2.75) is 43.7 Å². The first-order valence-corrected chi connectivity index (χ1v) is 12.6. The highest BCUT2D eigenvalue weighted by molar-refractivity contribution is 7.98. The van der Waals surface area contributed by atoms with Crippen LogP contribution in [0.4, 0.5) is 13.2 Å². The molecular weight excluding hydrogens is 506 g/mol. The molecule has 1 aliphatic rings. The molecule has 1 atom stereocenters. The number of alkyl halides is 3. The normalized spacial score (nSPS) is 16.6. The fraction of sp³-hybridized carbons (Fsp3) is 0.375. The van der Waals surface area contributed by atoms with E-state index in [4.69, 9.17) is 27.9 Å². The maximum Gasteiger partial charge on any atom is 0.416 e. The third-order valence-electron chi connectivity index (χ3n) is 6.07. The minimum atomic E-state index is -4.54. The van der Waals surface area contributed by atoms with Gasteiger partial charge in [0.05, 0.1) is 27.9 Å². The van der Waals surface area contributed by atoms with Gasteiger partial charge in [0.1, 0.15) is 10.7 Å². The molecule has 0 spiro atoms. The van der Waals surface area contributed by atoms with Gasteiger partial charge in [-0.05, 0) is 42.9 Å². The van der Waals surface area contributed by atoms with Crippen LogP contribution in [0.25, 0.3) is 5.69 Å². The van der Waals surface area contributed by atoms with Crippen LogP contribution in [0.2, 0.25) is 10.0 Å². The molecule has 4 rings (SSSR count). The number of methoxy groups -OCH3 is 1. The Labute approximate surface area is 211 Å². The van der Waals surface area contributed by atoms with Gasteiger partial charge >= 0.3 is 6.18 Å². The quantitative estimate of drug-likeness (QED) is 0.328. The molecule has 4 nitrogen and oxygen atoms in total. The monoisotopic (exact) mass is 529 g/mol. The van der Waals surface area contributed by atoms with Gasteiger partial charge in [0.2, 0.25) is 0 Å². The predicted octanol–water partition coefficient (Wildman–Crippen LogP) is 6.80. The van der Waals surface area contributed by atoms with Crippen molar-refractivity contribution < 1.29 is 17.9 Å². The first-order chi connectivity index (χ1) is 16.1. The summed E-state index contributed by atoms with van der Waals surface area (Å²) in [6.07, 6.45) is -1.76. The van der Waals surface area contributed by atoms with Gasteiger partial charge in [0.25, 0.3) is 0 Å². The first-order valence-electron chi connectivity index (χ1n) is 10.6. The second-order valence-corrected chi connectivity index (χ2v) is 9.87. The number of ether oxygens (including phenoxy) is 1. The lowest BCUT2D eigenvalue weighted by Gasteiger charge is -2.36. The Balaban J connectivity index is 1.73.